The van der Waals surface area contributed by atoms with Gasteiger partial charge in [-0.2, -0.15) is 0 Å². The van der Waals surface area contributed by atoms with Crippen molar-refractivity contribution in [3.8, 4) is 0 Å². The number of anilines is 1. The second-order valence-electron chi connectivity index (χ2n) is 5.22. The number of hydrogen-bond donors (Lipinski definition) is 2. The fraction of sp³-hybridized carbons (Fsp3) is 0.600. The molecule has 0 aromatic heterocycles. The minimum absolute atomic E-state index is 0.00785. The molecule has 0 aliphatic heterocycles. The molecule has 0 saturated heterocycles. The van der Waals surface area contributed by atoms with E-state index in [9.17, 15) is 8.42 Å². The monoisotopic (exact) mass is 330 g/mol. The summed E-state index contributed by atoms with van der Waals surface area (Å²) in [6.07, 6.45) is 1.97. The second kappa shape index (κ2) is 8.66. The van der Waals surface area contributed by atoms with Crippen LogP contribution < -0.4 is 10.5 Å². The third kappa shape index (κ3) is 6.72. The molecule has 0 fully saturated rings. The van der Waals surface area contributed by atoms with Gasteiger partial charge in [0, 0.05) is 22.4 Å². The number of thioether (sulfide) groups is 1. The smallest absolute Gasteiger partial charge is 0.212 e. The summed E-state index contributed by atoms with van der Waals surface area (Å²) in [5.74, 6) is 1.06. The number of sulfonamides is 1. The van der Waals surface area contributed by atoms with Gasteiger partial charge in [-0.15, -0.1) is 11.8 Å². The Balaban J connectivity index is 2.44. The van der Waals surface area contributed by atoms with Crippen LogP contribution >= 0.6 is 11.8 Å². The van der Waals surface area contributed by atoms with Crippen LogP contribution in [0.25, 0.3) is 0 Å². The van der Waals surface area contributed by atoms with Crippen LogP contribution in [-0.4, -0.2) is 26.0 Å². The van der Waals surface area contributed by atoms with Crippen LogP contribution in [0.1, 0.15) is 33.6 Å². The molecule has 1 aromatic carbocycles. The lowest BCUT2D eigenvalue weighted by molar-refractivity contribution is 0.391. The van der Waals surface area contributed by atoms with Crippen LogP contribution in [-0.2, 0) is 10.0 Å². The van der Waals surface area contributed by atoms with E-state index in [4.69, 9.17) is 5.73 Å². The second-order valence-corrected chi connectivity index (χ2v) is 8.26. The average Bonchev–Trinajstić information content (AvgIpc) is 2.41. The molecule has 0 amide bonds. The molecule has 1 aromatic rings. The molecule has 0 aliphatic rings. The van der Waals surface area contributed by atoms with Gasteiger partial charge in [0.15, 0.2) is 0 Å². The summed E-state index contributed by atoms with van der Waals surface area (Å²) in [7, 11) is -3.22. The summed E-state index contributed by atoms with van der Waals surface area (Å²) in [6.45, 7) is 6.13. The molecule has 1 unspecified atom stereocenters. The Morgan fingerprint density at radius 2 is 1.76 bits per heavy atom. The van der Waals surface area contributed by atoms with Crippen molar-refractivity contribution in [3.63, 3.8) is 0 Å². The fourth-order valence-corrected chi connectivity index (χ4v) is 4.92. The van der Waals surface area contributed by atoms with Gasteiger partial charge in [-0.25, -0.2) is 13.1 Å². The summed E-state index contributed by atoms with van der Waals surface area (Å²) in [5.41, 5.74) is 6.33. The Labute approximate surface area is 132 Å². The number of rotatable bonds is 9. The highest BCUT2D eigenvalue weighted by molar-refractivity contribution is 8.00. The molecule has 0 bridgehead atoms. The quantitative estimate of drug-likeness (QED) is 0.539. The lowest BCUT2D eigenvalue weighted by atomic mass is 9.96. The van der Waals surface area contributed by atoms with E-state index in [-0.39, 0.29) is 11.8 Å². The zero-order valence-electron chi connectivity index (χ0n) is 13.0. The van der Waals surface area contributed by atoms with E-state index in [1.54, 1.807) is 0 Å². The van der Waals surface area contributed by atoms with E-state index >= 15 is 0 Å². The zero-order chi connectivity index (χ0) is 15.9. The molecule has 0 aliphatic carbocycles. The van der Waals surface area contributed by atoms with Crippen LogP contribution in [0.2, 0.25) is 0 Å². The van der Waals surface area contributed by atoms with Crippen molar-refractivity contribution < 1.29 is 8.42 Å². The van der Waals surface area contributed by atoms with Gasteiger partial charge in [-0.1, -0.05) is 26.7 Å². The number of nitrogens with two attached hydrogens (primary N) is 1. The molecule has 21 heavy (non-hydrogen) atoms. The van der Waals surface area contributed by atoms with Gasteiger partial charge in [0.05, 0.1) is 5.75 Å². The maximum Gasteiger partial charge on any atom is 0.212 e. The first-order valence-corrected chi connectivity index (χ1v) is 10.00. The van der Waals surface area contributed by atoms with Crippen molar-refractivity contribution >= 4 is 27.5 Å². The Kier molecular flexibility index (Phi) is 7.56. The molecular weight excluding hydrogens is 304 g/mol. The van der Waals surface area contributed by atoms with Crippen LogP contribution in [0.4, 0.5) is 5.69 Å². The van der Waals surface area contributed by atoms with Gasteiger partial charge < -0.3 is 5.73 Å². The van der Waals surface area contributed by atoms with Gasteiger partial charge in [-0.05, 0) is 37.1 Å². The van der Waals surface area contributed by atoms with Crippen molar-refractivity contribution in [2.75, 3.05) is 17.2 Å². The van der Waals surface area contributed by atoms with Crippen LogP contribution in [0.15, 0.2) is 29.2 Å². The highest BCUT2D eigenvalue weighted by Crippen LogP contribution is 2.19. The number of nitrogen functional groups attached to an aromatic ring is 1. The largest absolute Gasteiger partial charge is 0.399 e. The molecule has 3 N–H and O–H groups in total. The third-order valence-corrected chi connectivity index (χ3v) is 6.37. The SMILES string of the molecule is CCC(CC)C(C)NS(=O)(=O)CCSc1ccc(N)cc1. The molecular formula is C15H26N2O2S2. The van der Waals surface area contributed by atoms with Crippen LogP contribution in [0.3, 0.4) is 0 Å². The maximum atomic E-state index is 12.1. The van der Waals surface area contributed by atoms with E-state index in [1.165, 1.54) is 11.8 Å². The van der Waals surface area contributed by atoms with E-state index < -0.39 is 10.0 Å². The van der Waals surface area contributed by atoms with Gasteiger partial charge in [0.1, 0.15) is 0 Å². The Morgan fingerprint density at radius 3 is 2.29 bits per heavy atom. The van der Waals surface area contributed by atoms with Crippen molar-refractivity contribution in [1.29, 1.82) is 0 Å². The van der Waals surface area contributed by atoms with Crippen LogP contribution in [0, 0.1) is 5.92 Å². The number of benzene rings is 1. The van der Waals surface area contributed by atoms with Gasteiger partial charge in [0.2, 0.25) is 10.0 Å². The van der Waals surface area contributed by atoms with Gasteiger partial charge in [0.25, 0.3) is 0 Å². The predicted octanol–water partition coefficient (Wildman–Crippen LogP) is 3.11. The van der Waals surface area contributed by atoms with Crippen LogP contribution in [0.5, 0.6) is 0 Å². The molecule has 0 spiro atoms. The summed E-state index contributed by atoms with van der Waals surface area (Å²) < 4.78 is 26.9. The van der Waals surface area contributed by atoms with E-state index in [0.717, 1.165) is 17.7 Å². The summed E-state index contributed by atoms with van der Waals surface area (Å²) >= 11 is 1.53. The molecule has 0 radical (unpaired) electrons. The molecule has 0 heterocycles. The lowest BCUT2D eigenvalue weighted by Gasteiger charge is -2.22. The Bertz CT molecular complexity index is 511. The van der Waals surface area contributed by atoms with Crippen molar-refractivity contribution in [2.24, 2.45) is 5.92 Å². The first kappa shape index (κ1) is 18.3. The molecule has 1 atom stereocenters. The fourth-order valence-electron chi connectivity index (χ4n) is 2.27. The molecule has 120 valence electrons. The first-order valence-electron chi connectivity index (χ1n) is 7.36. The van der Waals surface area contributed by atoms with Gasteiger partial charge in [-0.3, -0.25) is 0 Å². The first-order chi connectivity index (χ1) is 9.88. The van der Waals surface area contributed by atoms with Crippen molar-refractivity contribution in [3.05, 3.63) is 24.3 Å². The molecule has 1 rings (SSSR count). The standard InChI is InChI=1S/C15H26N2O2S2/c1-4-13(5-2)12(3)17-21(18,19)11-10-20-15-8-6-14(16)7-9-15/h6-9,12-13,17H,4-5,10-11,16H2,1-3H3. The average molecular weight is 331 g/mol. The Hall–Kier alpha value is -0.720. The highest BCUT2D eigenvalue weighted by atomic mass is 32.2. The number of hydrogen-bond acceptors (Lipinski definition) is 4. The summed E-state index contributed by atoms with van der Waals surface area (Å²) in [5, 5.41) is 0. The minimum Gasteiger partial charge on any atom is -0.399 e. The van der Waals surface area contributed by atoms with Crippen molar-refractivity contribution in [1.82, 2.24) is 4.72 Å². The maximum absolute atomic E-state index is 12.1. The lowest BCUT2D eigenvalue weighted by Crippen LogP contribution is -2.39. The van der Waals surface area contributed by atoms with E-state index in [2.05, 4.69) is 18.6 Å². The minimum atomic E-state index is -3.22. The topological polar surface area (TPSA) is 72.2 Å². The molecule has 4 nitrogen and oxygen atoms in total. The molecule has 0 saturated carbocycles. The summed E-state index contributed by atoms with van der Waals surface area (Å²) in [4.78, 5) is 1.03. The van der Waals surface area contributed by atoms with Crippen molar-refractivity contribution in [2.45, 2.75) is 44.6 Å². The molecule has 6 heteroatoms. The van der Waals surface area contributed by atoms with E-state index in [0.29, 0.717) is 17.4 Å². The predicted molar refractivity (Wildman–Crippen MR) is 92.0 cm³/mol. The van der Waals surface area contributed by atoms with Gasteiger partial charge >= 0.3 is 0 Å². The zero-order valence-corrected chi connectivity index (χ0v) is 14.6. The normalized spacial score (nSPS) is 13.5. The number of nitrogens with one attached hydrogen (secondary N) is 1. The summed E-state index contributed by atoms with van der Waals surface area (Å²) in [6, 6.07) is 7.46. The Morgan fingerprint density at radius 1 is 1.19 bits per heavy atom. The highest BCUT2D eigenvalue weighted by Gasteiger charge is 2.19. The third-order valence-electron chi connectivity index (χ3n) is 3.62. The van der Waals surface area contributed by atoms with E-state index in [1.807, 2.05) is 31.2 Å².